The summed E-state index contributed by atoms with van der Waals surface area (Å²) in [5.41, 5.74) is 5.21. The van der Waals surface area contributed by atoms with Crippen LogP contribution in [0.1, 0.15) is 119 Å². The molecule has 0 spiro atoms. The Morgan fingerprint density at radius 1 is 0.500 bits per heavy atom. The number of carbonyl (C=O) groups is 4. The van der Waals surface area contributed by atoms with Crippen LogP contribution in [0.5, 0.6) is 0 Å². The highest BCUT2D eigenvalue weighted by atomic mass is 16.1. The highest BCUT2D eigenvalue weighted by Gasteiger charge is 2.60. The van der Waals surface area contributed by atoms with Crippen molar-refractivity contribution in [3.8, 4) is 0 Å². The van der Waals surface area contributed by atoms with Gasteiger partial charge in [0.15, 0.2) is 11.6 Å². The van der Waals surface area contributed by atoms with E-state index in [1.165, 1.54) is 35.1 Å². The van der Waals surface area contributed by atoms with E-state index >= 15 is 0 Å². The standard InChI is InChI=1S/2C20H26O2/c2*1-12-10-14(21)11-13-4-5-15-16-6-7-18(22)19(16,2)9-8-17(15)20(12,13)3/h2*10-11,15-17H,4-9H2,1-3H3/t2*15-,16-,17-,19-,20-/m00/s1. The highest BCUT2D eigenvalue weighted by Crippen LogP contribution is 2.66. The van der Waals surface area contributed by atoms with E-state index in [-0.39, 0.29) is 33.2 Å². The van der Waals surface area contributed by atoms with Crippen molar-refractivity contribution < 1.29 is 19.2 Å². The van der Waals surface area contributed by atoms with Crippen LogP contribution in [-0.4, -0.2) is 23.1 Å². The fourth-order valence-corrected chi connectivity index (χ4v) is 12.7. The molecule has 0 heterocycles. The molecule has 6 fully saturated rings. The van der Waals surface area contributed by atoms with E-state index in [1.54, 1.807) is 0 Å². The molecule has 236 valence electrons. The van der Waals surface area contributed by atoms with Crippen molar-refractivity contribution >= 4 is 23.1 Å². The first-order valence-corrected chi connectivity index (χ1v) is 17.7. The molecule has 0 amide bonds. The van der Waals surface area contributed by atoms with Crippen LogP contribution in [0.4, 0.5) is 0 Å². The quantitative estimate of drug-likeness (QED) is 0.281. The number of rotatable bonds is 0. The first-order chi connectivity index (χ1) is 20.7. The Kier molecular flexibility index (Phi) is 6.93. The number of fused-ring (bicyclic) bond motifs is 10. The Bertz CT molecular complexity index is 1360. The number of hydrogen-bond donors (Lipinski definition) is 0. The monoisotopic (exact) mass is 596 g/mol. The smallest absolute Gasteiger partial charge is 0.178 e. The van der Waals surface area contributed by atoms with Crippen LogP contribution >= 0.6 is 0 Å². The summed E-state index contributed by atoms with van der Waals surface area (Å²) in [5, 5.41) is 0. The lowest BCUT2D eigenvalue weighted by molar-refractivity contribution is -0.132. The number of carbonyl (C=O) groups excluding carboxylic acids is 4. The van der Waals surface area contributed by atoms with E-state index in [4.69, 9.17) is 0 Å². The van der Waals surface area contributed by atoms with Gasteiger partial charge in [-0.3, -0.25) is 19.2 Å². The second-order valence-corrected chi connectivity index (χ2v) is 16.9. The van der Waals surface area contributed by atoms with Gasteiger partial charge in [0.2, 0.25) is 0 Å². The Balaban J connectivity index is 0.000000142. The molecule has 0 N–H and O–H groups in total. The zero-order chi connectivity index (χ0) is 31.4. The Morgan fingerprint density at radius 3 is 1.27 bits per heavy atom. The van der Waals surface area contributed by atoms with Crippen LogP contribution < -0.4 is 0 Å². The summed E-state index contributed by atoms with van der Waals surface area (Å²) >= 11 is 0. The summed E-state index contributed by atoms with van der Waals surface area (Å²) in [5.74, 6) is 5.03. The molecule has 8 aliphatic carbocycles. The number of ketones is 4. The molecule has 8 aliphatic rings. The second kappa shape index (κ2) is 10.1. The van der Waals surface area contributed by atoms with Crippen molar-refractivity contribution in [2.24, 2.45) is 57.2 Å². The topological polar surface area (TPSA) is 68.3 Å². The van der Waals surface area contributed by atoms with Gasteiger partial charge in [-0.25, -0.2) is 0 Å². The molecule has 0 unspecified atom stereocenters. The van der Waals surface area contributed by atoms with Gasteiger partial charge in [0, 0.05) is 34.5 Å². The summed E-state index contributed by atoms with van der Waals surface area (Å²) in [4.78, 5) is 48.6. The van der Waals surface area contributed by atoms with Crippen molar-refractivity contribution in [3.63, 3.8) is 0 Å². The molecule has 44 heavy (non-hydrogen) atoms. The summed E-state index contributed by atoms with van der Waals surface area (Å²) in [6.45, 7) is 13.4. The largest absolute Gasteiger partial charge is 0.299 e. The van der Waals surface area contributed by atoms with Gasteiger partial charge in [0.1, 0.15) is 11.6 Å². The summed E-state index contributed by atoms with van der Waals surface area (Å²) in [6.07, 6.45) is 20.0. The van der Waals surface area contributed by atoms with Crippen LogP contribution in [0.15, 0.2) is 46.6 Å². The van der Waals surface area contributed by atoms with E-state index in [2.05, 4.69) is 41.5 Å². The molecule has 0 aromatic rings. The van der Waals surface area contributed by atoms with Crippen LogP contribution in [0.25, 0.3) is 0 Å². The van der Waals surface area contributed by atoms with Crippen molar-refractivity contribution in [2.75, 3.05) is 0 Å². The minimum atomic E-state index is -0.0547. The van der Waals surface area contributed by atoms with E-state index in [9.17, 15) is 19.2 Å². The lowest BCUT2D eigenvalue weighted by Gasteiger charge is -2.57. The minimum Gasteiger partial charge on any atom is -0.299 e. The first-order valence-electron chi connectivity index (χ1n) is 17.7. The third-order valence-corrected chi connectivity index (χ3v) is 15.6. The normalized spacial score (nSPS) is 47.3. The van der Waals surface area contributed by atoms with Gasteiger partial charge in [-0.15, -0.1) is 0 Å². The Labute approximate surface area is 264 Å². The fourth-order valence-electron chi connectivity index (χ4n) is 12.7. The Hall–Kier alpha value is -2.36. The molecule has 4 nitrogen and oxygen atoms in total. The van der Waals surface area contributed by atoms with Crippen molar-refractivity contribution in [2.45, 2.75) is 119 Å². The molecule has 10 atom stereocenters. The average Bonchev–Trinajstić information content (AvgIpc) is 3.45. The number of allylic oxidation sites excluding steroid dienone is 8. The van der Waals surface area contributed by atoms with Gasteiger partial charge in [-0.2, -0.15) is 0 Å². The summed E-state index contributed by atoms with van der Waals surface area (Å²) in [6, 6.07) is 0. The van der Waals surface area contributed by atoms with Gasteiger partial charge < -0.3 is 0 Å². The van der Waals surface area contributed by atoms with Gasteiger partial charge in [-0.05, 0) is 138 Å². The molecule has 0 bridgehead atoms. The summed E-state index contributed by atoms with van der Waals surface area (Å²) in [7, 11) is 0. The van der Waals surface area contributed by atoms with Gasteiger partial charge in [0.05, 0.1) is 0 Å². The Morgan fingerprint density at radius 2 is 0.886 bits per heavy atom. The summed E-state index contributed by atoms with van der Waals surface area (Å²) < 4.78 is 0. The molecule has 8 rings (SSSR count). The SMILES string of the molecule is CC1=CC(=O)C=C2CC[C@@H]3[C@H](CC[C@]4(C)C(=O)CC[C@@H]34)[C@@]12C.CC1=CC(=O)C=C2CC[C@@H]3[C@H](CC[C@]4(C)C(=O)CC[C@@H]34)[C@@]12C. The third-order valence-electron chi connectivity index (χ3n) is 15.6. The number of hydrogen-bond acceptors (Lipinski definition) is 4. The lowest BCUT2D eigenvalue weighted by atomic mass is 9.47. The lowest BCUT2D eigenvalue weighted by Crippen LogP contribution is -2.50. The predicted molar refractivity (Wildman–Crippen MR) is 172 cm³/mol. The van der Waals surface area contributed by atoms with E-state index < -0.39 is 0 Å². The van der Waals surface area contributed by atoms with Crippen LogP contribution in [0.3, 0.4) is 0 Å². The maximum absolute atomic E-state index is 12.4. The molecule has 0 aromatic carbocycles. The third kappa shape index (κ3) is 4.00. The molecular formula is C40H52O4. The maximum atomic E-state index is 12.4. The molecule has 0 saturated heterocycles. The second-order valence-electron chi connectivity index (χ2n) is 16.9. The van der Waals surface area contributed by atoms with E-state index in [0.29, 0.717) is 47.1 Å². The van der Waals surface area contributed by atoms with Crippen LogP contribution in [-0.2, 0) is 19.2 Å². The van der Waals surface area contributed by atoms with Crippen molar-refractivity contribution in [3.05, 3.63) is 46.6 Å². The zero-order valence-corrected chi connectivity index (χ0v) is 27.9. The van der Waals surface area contributed by atoms with Crippen LogP contribution in [0.2, 0.25) is 0 Å². The van der Waals surface area contributed by atoms with E-state index in [0.717, 1.165) is 64.2 Å². The number of Topliss-reactive ketones (excluding diaryl/α,β-unsaturated/α-hetero) is 2. The molecule has 0 aliphatic heterocycles. The predicted octanol–water partition coefficient (Wildman–Crippen LogP) is 8.51. The van der Waals surface area contributed by atoms with Gasteiger partial charge >= 0.3 is 0 Å². The maximum Gasteiger partial charge on any atom is 0.178 e. The average molecular weight is 597 g/mol. The molecule has 0 aromatic heterocycles. The van der Waals surface area contributed by atoms with Gasteiger partial charge in [-0.1, -0.05) is 50.0 Å². The highest BCUT2D eigenvalue weighted by molar-refractivity contribution is 6.02. The molecular weight excluding hydrogens is 544 g/mol. The minimum absolute atomic E-state index is 0.0547. The molecule has 4 heteroatoms. The van der Waals surface area contributed by atoms with Crippen molar-refractivity contribution in [1.29, 1.82) is 0 Å². The molecule has 6 saturated carbocycles. The fraction of sp³-hybridized carbons (Fsp3) is 0.700. The molecule has 0 radical (unpaired) electrons. The zero-order valence-electron chi connectivity index (χ0n) is 27.9. The van der Waals surface area contributed by atoms with Gasteiger partial charge in [0.25, 0.3) is 0 Å². The first kappa shape index (κ1) is 30.3. The van der Waals surface area contributed by atoms with Crippen molar-refractivity contribution in [1.82, 2.24) is 0 Å². The van der Waals surface area contributed by atoms with Crippen LogP contribution in [0, 0.1) is 57.2 Å². The van der Waals surface area contributed by atoms with E-state index in [1.807, 2.05) is 24.3 Å².